The van der Waals surface area contributed by atoms with Crippen LogP contribution in [0.3, 0.4) is 0 Å². The van der Waals surface area contributed by atoms with E-state index in [9.17, 15) is 0 Å². The first-order valence-electron chi connectivity index (χ1n) is 0.612. The van der Waals surface area contributed by atoms with Crippen molar-refractivity contribution in [3.05, 3.63) is 0 Å². The minimum Gasteiger partial charge on any atom is -0.652 e. The number of rotatable bonds is 0. The molecular weight excluding hydrogens is 99.1 g/mol. The monoisotopic (exact) mass is 98.9 g/mol. The van der Waals surface area contributed by atoms with Crippen molar-refractivity contribution in [3.8, 4) is 0 Å². The molecule has 0 rings (SSSR count). The molecule has 0 saturated heterocycles. The predicted octanol–water partition coefficient (Wildman–Crippen LogP) is -2.83. The molecule has 0 amide bonds. The summed E-state index contributed by atoms with van der Waals surface area (Å²) in [6.07, 6.45) is -2.33. The van der Waals surface area contributed by atoms with Gasteiger partial charge < -0.3 is 15.0 Å². The van der Waals surface area contributed by atoms with Crippen molar-refractivity contribution in [1.29, 1.82) is 0 Å². The van der Waals surface area contributed by atoms with Gasteiger partial charge in [-0.05, 0) is 6.16 Å². The molecule has 5 heavy (non-hydrogen) atoms. The van der Waals surface area contributed by atoms with Crippen LogP contribution in [0.5, 0.6) is 0 Å². The number of hydrogen-bond donors (Lipinski definition) is 0. The standard InChI is InChI=1S/CH2O3.K/c2-1(3)4;/h(H2,2,3,4);/p-2. The summed E-state index contributed by atoms with van der Waals surface area (Å²) in [5, 5.41) is 16.7. The molecule has 0 fully saturated rings. The predicted molar refractivity (Wildman–Crippen MR) is 11.1 cm³/mol. The van der Waals surface area contributed by atoms with Gasteiger partial charge in [-0.15, -0.1) is 0 Å². The van der Waals surface area contributed by atoms with Crippen LogP contribution in [0.4, 0.5) is 4.79 Å². The average Bonchev–Trinajstić information content (AvgIpc) is 0.811. The Morgan fingerprint density at radius 3 is 1.40 bits per heavy atom. The maximum Gasteiger partial charge on any atom is 0 e. The fraction of sp³-hybridized carbons (Fsp3) is 0. The molecule has 0 saturated carbocycles. The molecule has 0 aromatic carbocycles. The van der Waals surface area contributed by atoms with E-state index in [2.05, 4.69) is 0 Å². The molecule has 0 aliphatic heterocycles. The van der Waals surface area contributed by atoms with E-state index in [0.717, 1.165) is 0 Å². The molecule has 0 aliphatic carbocycles. The molecule has 0 N–H and O–H groups in total. The van der Waals surface area contributed by atoms with Crippen LogP contribution in [0, 0.1) is 0 Å². The van der Waals surface area contributed by atoms with Crippen LogP contribution in [-0.2, 0) is 0 Å². The van der Waals surface area contributed by atoms with Crippen LogP contribution in [0.1, 0.15) is 0 Å². The van der Waals surface area contributed by atoms with E-state index in [-0.39, 0.29) is 51.4 Å². The van der Waals surface area contributed by atoms with Gasteiger partial charge >= 0.3 is 0 Å². The third-order valence-corrected chi connectivity index (χ3v) is 0. The molecule has 0 spiro atoms. The third-order valence-electron chi connectivity index (χ3n) is 0. The van der Waals surface area contributed by atoms with Gasteiger partial charge in [0.1, 0.15) is 0 Å². The zero-order chi connectivity index (χ0) is 3.58. The second-order valence-corrected chi connectivity index (χ2v) is 0.250. The average molecular weight is 99.1 g/mol. The Labute approximate surface area is 71.4 Å². The third kappa shape index (κ3) is 50.4. The van der Waals surface area contributed by atoms with Gasteiger partial charge in [-0.3, -0.25) is 0 Å². The van der Waals surface area contributed by atoms with E-state index in [1.165, 1.54) is 0 Å². The molecule has 0 unspecified atom stereocenters. The molecule has 0 aromatic rings. The van der Waals surface area contributed by atoms with Crippen molar-refractivity contribution < 1.29 is 15.0 Å². The SMILES string of the molecule is O=C([O-])[O-].[K]. The smallest absolute Gasteiger partial charge is 0 e. The summed E-state index contributed by atoms with van der Waals surface area (Å²) >= 11 is 0. The first kappa shape index (κ1) is 9.32. The minimum atomic E-state index is -2.33. The zero-order valence-corrected chi connectivity index (χ0v) is 5.85. The van der Waals surface area contributed by atoms with Crippen LogP contribution >= 0.6 is 0 Å². The summed E-state index contributed by atoms with van der Waals surface area (Å²) in [5.41, 5.74) is 0. The summed E-state index contributed by atoms with van der Waals surface area (Å²) in [4.78, 5) is 8.33. The molecule has 0 heterocycles. The van der Waals surface area contributed by atoms with E-state index in [4.69, 9.17) is 15.0 Å². The van der Waals surface area contributed by atoms with Crippen molar-refractivity contribution in [2.24, 2.45) is 0 Å². The Bertz CT molecular complexity index is 29.9. The second kappa shape index (κ2) is 4.91. The summed E-state index contributed by atoms with van der Waals surface area (Å²) in [7, 11) is 0. The van der Waals surface area contributed by atoms with Gasteiger partial charge in [0.25, 0.3) is 0 Å². The molecule has 0 atom stereocenters. The van der Waals surface area contributed by atoms with Crippen molar-refractivity contribution in [3.63, 3.8) is 0 Å². The number of carbonyl (C=O) groups is 1. The van der Waals surface area contributed by atoms with E-state index in [1.807, 2.05) is 0 Å². The number of hydrogen-bond acceptors (Lipinski definition) is 3. The molecule has 3 nitrogen and oxygen atoms in total. The summed E-state index contributed by atoms with van der Waals surface area (Å²) in [5.74, 6) is 0. The summed E-state index contributed by atoms with van der Waals surface area (Å²) in [6.45, 7) is 0. The Morgan fingerprint density at radius 2 is 1.40 bits per heavy atom. The van der Waals surface area contributed by atoms with Crippen LogP contribution < -0.4 is 10.2 Å². The minimum absolute atomic E-state index is 0. The maximum atomic E-state index is 8.33. The molecule has 0 aromatic heterocycles. The van der Waals surface area contributed by atoms with Gasteiger partial charge in [0.05, 0.1) is 0 Å². The Morgan fingerprint density at radius 1 is 1.40 bits per heavy atom. The topological polar surface area (TPSA) is 63.2 Å². The summed E-state index contributed by atoms with van der Waals surface area (Å²) in [6, 6.07) is 0. The fourth-order valence-electron chi connectivity index (χ4n) is 0. The van der Waals surface area contributed by atoms with Crippen LogP contribution in [0.2, 0.25) is 0 Å². The van der Waals surface area contributed by atoms with Crippen molar-refractivity contribution in [2.45, 2.75) is 0 Å². The van der Waals surface area contributed by atoms with Gasteiger partial charge in [0, 0.05) is 51.4 Å². The van der Waals surface area contributed by atoms with Crippen LogP contribution in [-0.4, -0.2) is 57.5 Å². The van der Waals surface area contributed by atoms with Gasteiger partial charge in [-0.1, -0.05) is 0 Å². The molecule has 0 bridgehead atoms. The molecule has 1 radical (unpaired) electrons. The van der Waals surface area contributed by atoms with E-state index < -0.39 is 6.16 Å². The first-order chi connectivity index (χ1) is 1.73. The fourth-order valence-corrected chi connectivity index (χ4v) is 0. The summed E-state index contributed by atoms with van der Waals surface area (Å²) < 4.78 is 0. The van der Waals surface area contributed by atoms with E-state index >= 15 is 0 Å². The Kier molecular flexibility index (Phi) is 9.14. The van der Waals surface area contributed by atoms with Gasteiger partial charge in [-0.2, -0.15) is 0 Å². The second-order valence-electron chi connectivity index (χ2n) is 0.250. The van der Waals surface area contributed by atoms with E-state index in [0.29, 0.717) is 0 Å². The van der Waals surface area contributed by atoms with Gasteiger partial charge in [0.15, 0.2) is 0 Å². The van der Waals surface area contributed by atoms with E-state index in [1.54, 1.807) is 0 Å². The molecule has 25 valence electrons. The van der Waals surface area contributed by atoms with Crippen molar-refractivity contribution in [2.75, 3.05) is 0 Å². The maximum absolute atomic E-state index is 8.33. The van der Waals surface area contributed by atoms with Gasteiger partial charge in [0.2, 0.25) is 0 Å². The van der Waals surface area contributed by atoms with Crippen LogP contribution in [0.25, 0.3) is 0 Å². The molecular formula is CKO3-2. The Hall–Kier alpha value is 0.906. The normalized spacial score (nSPS) is 4.80. The van der Waals surface area contributed by atoms with Crippen LogP contribution in [0.15, 0.2) is 0 Å². The first-order valence-corrected chi connectivity index (χ1v) is 0.612. The van der Waals surface area contributed by atoms with Gasteiger partial charge in [-0.25, -0.2) is 0 Å². The quantitative estimate of drug-likeness (QED) is 0.307. The van der Waals surface area contributed by atoms with Crippen molar-refractivity contribution in [1.82, 2.24) is 0 Å². The largest absolute Gasteiger partial charge is 0.652 e. The number of carboxylic acid groups (broad SMARTS) is 2. The molecule has 4 heteroatoms. The number of carbonyl (C=O) groups excluding carboxylic acids is 1. The Balaban J connectivity index is 0. The molecule has 0 aliphatic rings. The zero-order valence-electron chi connectivity index (χ0n) is 2.72. The van der Waals surface area contributed by atoms with Crippen molar-refractivity contribution >= 4 is 57.5 Å².